The summed E-state index contributed by atoms with van der Waals surface area (Å²) in [6.45, 7) is 3.42. The van der Waals surface area contributed by atoms with Crippen molar-refractivity contribution in [2.24, 2.45) is 0 Å². The molecule has 0 aliphatic carbocycles. The average Bonchev–Trinajstić information content (AvgIpc) is 2.88. The van der Waals surface area contributed by atoms with Gasteiger partial charge < -0.3 is 10.2 Å². The van der Waals surface area contributed by atoms with Gasteiger partial charge in [0.25, 0.3) is 0 Å². The number of halogens is 1. The van der Waals surface area contributed by atoms with Crippen LogP contribution in [0.4, 0.5) is 4.39 Å². The molecule has 1 aromatic rings. The van der Waals surface area contributed by atoms with E-state index in [9.17, 15) is 4.39 Å². The lowest BCUT2D eigenvalue weighted by Crippen LogP contribution is -2.46. The number of rotatable bonds is 4. The monoisotopic (exact) mass is 262 g/mol. The van der Waals surface area contributed by atoms with Crippen LogP contribution < -0.4 is 5.32 Å². The van der Waals surface area contributed by atoms with Gasteiger partial charge in [0.05, 0.1) is 0 Å². The van der Waals surface area contributed by atoms with Crippen LogP contribution in [0.5, 0.6) is 0 Å². The number of fused-ring (bicyclic) bond motifs is 1. The number of nitrogens with zero attached hydrogens (tertiary/aromatic N) is 1. The van der Waals surface area contributed by atoms with E-state index in [2.05, 4.69) is 10.2 Å². The Labute approximate surface area is 115 Å². The van der Waals surface area contributed by atoms with E-state index in [4.69, 9.17) is 0 Å². The van der Waals surface area contributed by atoms with E-state index in [1.54, 1.807) is 12.1 Å². The molecule has 0 aromatic heterocycles. The molecule has 3 heteroatoms. The molecule has 3 rings (SSSR count). The standard InChI is InChI=1S/C16H23FN2/c17-16-6-2-1-4-13(16)7-9-18-14-8-11-19-10-3-5-15(19)12-14/h1-2,4,6,14-15,18H,3,5,7-12H2. The van der Waals surface area contributed by atoms with Crippen LogP contribution in [-0.4, -0.2) is 36.6 Å². The van der Waals surface area contributed by atoms with Crippen molar-refractivity contribution in [3.05, 3.63) is 35.6 Å². The van der Waals surface area contributed by atoms with E-state index >= 15 is 0 Å². The molecular weight excluding hydrogens is 239 g/mol. The average molecular weight is 262 g/mol. The lowest BCUT2D eigenvalue weighted by molar-refractivity contribution is 0.167. The minimum absolute atomic E-state index is 0.0742. The molecule has 1 N–H and O–H groups in total. The molecule has 2 saturated heterocycles. The van der Waals surface area contributed by atoms with Crippen molar-refractivity contribution in [2.45, 2.75) is 44.2 Å². The molecular formula is C16H23FN2. The van der Waals surface area contributed by atoms with Crippen LogP contribution in [0.3, 0.4) is 0 Å². The molecule has 2 fully saturated rings. The lowest BCUT2D eigenvalue weighted by atomic mass is 9.97. The van der Waals surface area contributed by atoms with Gasteiger partial charge in [-0.2, -0.15) is 0 Å². The molecule has 1 aromatic carbocycles. The third-order valence-corrected chi connectivity index (χ3v) is 4.61. The van der Waals surface area contributed by atoms with E-state index in [1.165, 1.54) is 38.8 Å². The first-order chi connectivity index (χ1) is 9.33. The van der Waals surface area contributed by atoms with Gasteiger partial charge in [0.2, 0.25) is 0 Å². The molecule has 2 aliphatic rings. The van der Waals surface area contributed by atoms with Gasteiger partial charge >= 0.3 is 0 Å². The second-order valence-electron chi connectivity index (χ2n) is 5.85. The van der Waals surface area contributed by atoms with Crippen LogP contribution in [-0.2, 0) is 6.42 Å². The normalized spacial score (nSPS) is 27.4. The van der Waals surface area contributed by atoms with Gasteiger partial charge in [0.15, 0.2) is 0 Å². The Kier molecular flexibility index (Phi) is 4.14. The van der Waals surface area contributed by atoms with Crippen LogP contribution in [0.25, 0.3) is 0 Å². The quantitative estimate of drug-likeness (QED) is 0.897. The van der Waals surface area contributed by atoms with Crippen molar-refractivity contribution in [3.63, 3.8) is 0 Å². The molecule has 2 aliphatic heterocycles. The van der Waals surface area contributed by atoms with Crippen molar-refractivity contribution in [3.8, 4) is 0 Å². The molecule has 2 heterocycles. The maximum Gasteiger partial charge on any atom is 0.126 e. The number of hydrogen-bond acceptors (Lipinski definition) is 2. The summed E-state index contributed by atoms with van der Waals surface area (Å²) >= 11 is 0. The Bertz CT molecular complexity index is 421. The van der Waals surface area contributed by atoms with Crippen LogP contribution >= 0.6 is 0 Å². The third kappa shape index (κ3) is 3.15. The van der Waals surface area contributed by atoms with Gasteiger partial charge in [-0.1, -0.05) is 18.2 Å². The Balaban J connectivity index is 1.44. The predicted octanol–water partition coefficient (Wildman–Crippen LogP) is 2.58. The van der Waals surface area contributed by atoms with E-state index < -0.39 is 0 Å². The predicted molar refractivity (Wildman–Crippen MR) is 75.7 cm³/mol. The molecule has 104 valence electrons. The zero-order valence-electron chi connectivity index (χ0n) is 11.4. The summed E-state index contributed by atoms with van der Waals surface area (Å²) in [7, 11) is 0. The van der Waals surface area contributed by atoms with E-state index in [1.807, 2.05) is 12.1 Å². The summed E-state index contributed by atoms with van der Waals surface area (Å²) in [5, 5.41) is 3.62. The topological polar surface area (TPSA) is 15.3 Å². The van der Waals surface area contributed by atoms with Crippen LogP contribution in [0.2, 0.25) is 0 Å². The lowest BCUT2D eigenvalue weighted by Gasteiger charge is -2.35. The number of piperidine rings is 1. The highest BCUT2D eigenvalue weighted by atomic mass is 19.1. The van der Waals surface area contributed by atoms with Gasteiger partial charge in [-0.15, -0.1) is 0 Å². The fourth-order valence-corrected chi connectivity index (χ4v) is 3.52. The highest BCUT2D eigenvalue weighted by molar-refractivity contribution is 5.17. The summed E-state index contributed by atoms with van der Waals surface area (Å²) in [5.74, 6) is -0.0742. The molecule has 2 nitrogen and oxygen atoms in total. The van der Waals surface area contributed by atoms with Crippen LogP contribution in [0.15, 0.2) is 24.3 Å². The minimum atomic E-state index is -0.0742. The molecule has 0 radical (unpaired) electrons. The van der Waals surface area contributed by atoms with E-state index in [0.29, 0.717) is 6.04 Å². The zero-order chi connectivity index (χ0) is 13.1. The smallest absolute Gasteiger partial charge is 0.126 e. The maximum absolute atomic E-state index is 13.5. The first-order valence-corrected chi connectivity index (χ1v) is 7.54. The second kappa shape index (κ2) is 6.02. The third-order valence-electron chi connectivity index (χ3n) is 4.61. The molecule has 0 bridgehead atoms. The van der Waals surface area contributed by atoms with Crippen LogP contribution in [0.1, 0.15) is 31.2 Å². The van der Waals surface area contributed by atoms with Crippen molar-refractivity contribution in [1.82, 2.24) is 10.2 Å². The van der Waals surface area contributed by atoms with Gasteiger partial charge in [0.1, 0.15) is 5.82 Å². The molecule has 0 spiro atoms. The van der Waals surface area contributed by atoms with Crippen molar-refractivity contribution in [2.75, 3.05) is 19.6 Å². The first kappa shape index (κ1) is 13.1. The number of benzene rings is 1. The van der Waals surface area contributed by atoms with Gasteiger partial charge in [0, 0.05) is 12.1 Å². The fraction of sp³-hybridized carbons (Fsp3) is 0.625. The first-order valence-electron chi connectivity index (χ1n) is 7.54. The summed E-state index contributed by atoms with van der Waals surface area (Å²) in [5.41, 5.74) is 0.827. The molecule has 2 unspecified atom stereocenters. The highest BCUT2D eigenvalue weighted by Gasteiger charge is 2.31. The summed E-state index contributed by atoms with van der Waals surface area (Å²) in [4.78, 5) is 2.63. The second-order valence-corrected chi connectivity index (χ2v) is 5.85. The Morgan fingerprint density at radius 2 is 2.11 bits per heavy atom. The van der Waals surface area contributed by atoms with Crippen molar-refractivity contribution >= 4 is 0 Å². The largest absolute Gasteiger partial charge is 0.314 e. The molecule has 19 heavy (non-hydrogen) atoms. The van der Waals surface area contributed by atoms with Crippen LogP contribution in [0, 0.1) is 5.82 Å². The van der Waals surface area contributed by atoms with Crippen molar-refractivity contribution < 1.29 is 4.39 Å². The Hall–Kier alpha value is -0.930. The molecule has 0 saturated carbocycles. The summed E-state index contributed by atoms with van der Waals surface area (Å²) in [6, 6.07) is 8.53. The van der Waals surface area contributed by atoms with Crippen molar-refractivity contribution in [1.29, 1.82) is 0 Å². The number of hydrogen-bond donors (Lipinski definition) is 1. The minimum Gasteiger partial charge on any atom is -0.314 e. The zero-order valence-corrected chi connectivity index (χ0v) is 11.4. The maximum atomic E-state index is 13.5. The fourth-order valence-electron chi connectivity index (χ4n) is 3.52. The van der Waals surface area contributed by atoms with E-state index in [-0.39, 0.29) is 5.82 Å². The van der Waals surface area contributed by atoms with Gasteiger partial charge in [-0.3, -0.25) is 0 Å². The SMILES string of the molecule is Fc1ccccc1CCNC1CCN2CCCC2C1. The highest BCUT2D eigenvalue weighted by Crippen LogP contribution is 2.26. The van der Waals surface area contributed by atoms with E-state index in [0.717, 1.165) is 24.6 Å². The summed E-state index contributed by atoms with van der Waals surface area (Å²) in [6.07, 6.45) is 6.04. The Morgan fingerprint density at radius 1 is 1.21 bits per heavy atom. The Morgan fingerprint density at radius 3 is 3.00 bits per heavy atom. The van der Waals surface area contributed by atoms with Gasteiger partial charge in [-0.05, 0) is 63.4 Å². The molecule has 0 amide bonds. The van der Waals surface area contributed by atoms with Gasteiger partial charge in [-0.25, -0.2) is 4.39 Å². The number of nitrogens with one attached hydrogen (secondary N) is 1. The summed E-state index contributed by atoms with van der Waals surface area (Å²) < 4.78 is 13.5. The molecule has 2 atom stereocenters.